The molecule has 7 aromatic rings. The number of carbonyl (C=O) groups excluding carboxylic acids is 1. The number of H-pyrrole nitrogens is 1. The Balaban J connectivity index is 1.45. The molecule has 7 rings (SSSR count). The standard InChI is InChI=1S/C46H51N9O9S2/c1-46(2,3)64-45(56)48-25-8-26-65(57,58)39-24-23-36(37-9-7-10-38-41(37)50-44(47)49-38)40(43-51-53-55(52-43)29-32-15-21-35(63-6)22-16-32)42(39)66(59,60)54(27-30-11-17-33(61-4)18-12-30)28-31-13-19-34(62-5)20-14-31/h7,9-24H,8,25-29H2,1-6H3,(H,48,56)(H3,47,49,50). The van der Waals surface area contributed by atoms with Crippen LogP contribution in [0.3, 0.4) is 0 Å². The fraction of sp³-hybridized carbons (Fsp3) is 0.283. The Kier molecular flexibility index (Phi) is 13.9. The van der Waals surface area contributed by atoms with Gasteiger partial charge >= 0.3 is 6.09 Å². The van der Waals surface area contributed by atoms with E-state index in [2.05, 4.69) is 25.6 Å². The van der Waals surface area contributed by atoms with Crippen LogP contribution in [0.15, 0.2) is 113 Å². The fourth-order valence-electron chi connectivity index (χ4n) is 7.18. The molecular formula is C46H51N9O9S2. The maximum absolute atomic E-state index is 16.0. The molecule has 0 bridgehead atoms. The van der Waals surface area contributed by atoms with E-state index in [1.54, 1.807) is 107 Å². The van der Waals surface area contributed by atoms with Gasteiger partial charge in [0.15, 0.2) is 15.8 Å². The predicted molar refractivity (Wildman–Crippen MR) is 248 cm³/mol. The van der Waals surface area contributed by atoms with E-state index in [4.69, 9.17) is 29.8 Å². The lowest BCUT2D eigenvalue weighted by molar-refractivity contribution is 0.0528. The van der Waals surface area contributed by atoms with E-state index in [0.717, 1.165) is 5.56 Å². The van der Waals surface area contributed by atoms with Crippen molar-refractivity contribution in [1.29, 1.82) is 0 Å². The average Bonchev–Trinajstić information content (AvgIpc) is 3.93. The molecule has 0 atom stereocenters. The van der Waals surface area contributed by atoms with Crippen LogP contribution in [0.1, 0.15) is 43.9 Å². The number of amides is 1. The van der Waals surface area contributed by atoms with Crippen LogP contribution in [0.2, 0.25) is 0 Å². The van der Waals surface area contributed by atoms with Crippen LogP contribution < -0.4 is 25.3 Å². The Labute approximate surface area is 383 Å². The molecule has 5 aromatic carbocycles. The van der Waals surface area contributed by atoms with Gasteiger partial charge in [0.1, 0.15) is 27.7 Å². The van der Waals surface area contributed by atoms with Gasteiger partial charge in [-0.2, -0.15) is 9.10 Å². The number of imidazole rings is 1. The zero-order valence-electron chi connectivity index (χ0n) is 37.3. The van der Waals surface area contributed by atoms with Crippen molar-refractivity contribution < 1.29 is 40.6 Å². The number of nitrogens with zero attached hydrogens (tertiary/aromatic N) is 6. The SMILES string of the molecule is COc1ccc(CN(Cc2ccc(OC)cc2)S(=O)(=O)c2c(S(=O)(=O)CCCNC(=O)OC(C)(C)C)ccc(-c3cccc4[nH]c(N)nc34)c2-c2nnn(Cc3ccc(OC)cc3)n2)cc1. The van der Waals surface area contributed by atoms with Crippen LogP contribution in [0, 0.1) is 0 Å². The van der Waals surface area contributed by atoms with Gasteiger partial charge in [-0.3, -0.25) is 0 Å². The molecule has 0 radical (unpaired) electrons. The number of nitrogen functional groups attached to an aromatic ring is 1. The number of aromatic nitrogens is 6. The van der Waals surface area contributed by atoms with Gasteiger partial charge in [0.25, 0.3) is 0 Å². The van der Waals surface area contributed by atoms with Gasteiger partial charge in [-0.25, -0.2) is 26.6 Å². The van der Waals surface area contributed by atoms with Crippen molar-refractivity contribution >= 4 is 42.9 Å². The Morgan fingerprint density at radius 3 is 1.91 bits per heavy atom. The maximum atomic E-state index is 16.0. The highest BCUT2D eigenvalue weighted by Crippen LogP contribution is 2.43. The van der Waals surface area contributed by atoms with E-state index >= 15 is 8.42 Å². The number of alkyl carbamates (subject to hydrolysis) is 1. The van der Waals surface area contributed by atoms with Crippen LogP contribution in [0.4, 0.5) is 10.7 Å². The lowest BCUT2D eigenvalue weighted by Gasteiger charge is -2.26. The van der Waals surface area contributed by atoms with Crippen molar-refractivity contribution in [3.05, 3.63) is 120 Å². The number of ether oxygens (including phenoxy) is 4. The van der Waals surface area contributed by atoms with E-state index in [1.807, 2.05) is 12.1 Å². The number of nitrogens with one attached hydrogen (secondary N) is 2. The zero-order valence-corrected chi connectivity index (χ0v) is 38.9. The van der Waals surface area contributed by atoms with Crippen LogP contribution >= 0.6 is 0 Å². The van der Waals surface area contributed by atoms with Crippen LogP contribution in [-0.4, -0.2) is 96.6 Å². The molecule has 0 aliphatic rings. The molecule has 0 saturated carbocycles. The van der Waals surface area contributed by atoms with Crippen molar-refractivity contribution in [1.82, 2.24) is 39.8 Å². The first-order chi connectivity index (χ1) is 31.5. The maximum Gasteiger partial charge on any atom is 0.407 e. The van der Waals surface area contributed by atoms with E-state index < -0.39 is 47.1 Å². The number of rotatable bonds is 18. The molecule has 20 heteroatoms. The first-order valence-electron chi connectivity index (χ1n) is 20.8. The number of methoxy groups -OCH3 is 3. The summed E-state index contributed by atoms with van der Waals surface area (Å²) in [6.45, 7) is 4.80. The molecule has 0 aliphatic heterocycles. The third-order valence-electron chi connectivity index (χ3n) is 10.3. The second-order valence-corrected chi connectivity index (χ2v) is 20.2. The Morgan fingerprint density at radius 1 is 0.773 bits per heavy atom. The van der Waals surface area contributed by atoms with Gasteiger partial charge < -0.3 is 35.0 Å². The van der Waals surface area contributed by atoms with Crippen molar-refractivity contribution in [3.63, 3.8) is 0 Å². The molecule has 0 unspecified atom stereocenters. The summed E-state index contributed by atoms with van der Waals surface area (Å²) in [5.74, 6) is 1.15. The third-order valence-corrected chi connectivity index (χ3v) is 14.2. The number of sulfone groups is 1. The first-order valence-corrected chi connectivity index (χ1v) is 23.9. The average molecular weight is 938 g/mol. The number of tetrazole rings is 1. The molecule has 1 amide bonds. The number of benzene rings is 5. The molecule has 2 aromatic heterocycles. The Bertz CT molecular complexity index is 2990. The van der Waals surface area contributed by atoms with Gasteiger partial charge in [0, 0.05) is 25.2 Å². The van der Waals surface area contributed by atoms with E-state index in [-0.39, 0.29) is 55.5 Å². The summed E-state index contributed by atoms with van der Waals surface area (Å²) in [5, 5.41) is 16.0. The van der Waals surface area contributed by atoms with Crippen molar-refractivity contribution in [2.45, 2.75) is 62.2 Å². The number of fused-ring (bicyclic) bond motifs is 1. The summed E-state index contributed by atoms with van der Waals surface area (Å²) in [6, 6.07) is 29.0. The highest BCUT2D eigenvalue weighted by molar-refractivity contribution is 7.93. The molecule has 0 fully saturated rings. The summed E-state index contributed by atoms with van der Waals surface area (Å²) in [4.78, 5) is 20.2. The number of hydrogen-bond acceptors (Lipinski definition) is 14. The number of para-hydroxylation sites is 1. The molecule has 346 valence electrons. The monoisotopic (exact) mass is 937 g/mol. The van der Waals surface area contributed by atoms with Crippen molar-refractivity contribution in [2.75, 3.05) is 39.4 Å². The van der Waals surface area contributed by atoms with Gasteiger partial charge in [-0.05, 0) is 103 Å². The number of hydrogen-bond donors (Lipinski definition) is 3. The lowest BCUT2D eigenvalue weighted by atomic mass is 9.98. The second kappa shape index (κ2) is 19.6. The third kappa shape index (κ3) is 10.9. The molecular weight excluding hydrogens is 887 g/mol. The number of anilines is 1. The number of carbonyl (C=O) groups is 1. The quantitative estimate of drug-likeness (QED) is 0.0768. The van der Waals surface area contributed by atoms with Crippen LogP contribution in [0.25, 0.3) is 33.5 Å². The smallest absolute Gasteiger partial charge is 0.407 e. The van der Waals surface area contributed by atoms with Gasteiger partial charge in [0.2, 0.25) is 15.8 Å². The van der Waals surface area contributed by atoms with Crippen LogP contribution in [0.5, 0.6) is 17.2 Å². The normalized spacial score (nSPS) is 12.0. The minimum absolute atomic E-state index is 0.0773. The topological polar surface area (TPSA) is 236 Å². The molecule has 0 aliphatic carbocycles. The van der Waals surface area contributed by atoms with E-state index in [9.17, 15) is 13.2 Å². The molecule has 18 nitrogen and oxygen atoms in total. The predicted octanol–water partition coefficient (Wildman–Crippen LogP) is 6.62. The highest BCUT2D eigenvalue weighted by Gasteiger charge is 2.38. The second-order valence-electron chi connectivity index (χ2n) is 16.2. The summed E-state index contributed by atoms with van der Waals surface area (Å²) < 4.78 is 84.3. The Hall–Kier alpha value is -7.03. The minimum Gasteiger partial charge on any atom is -0.497 e. The molecule has 0 saturated heterocycles. The van der Waals surface area contributed by atoms with Crippen LogP contribution in [-0.2, 0) is 44.2 Å². The number of aromatic amines is 1. The minimum atomic E-state index is -4.90. The summed E-state index contributed by atoms with van der Waals surface area (Å²) in [7, 11) is -4.78. The van der Waals surface area contributed by atoms with Gasteiger partial charge in [-0.15, -0.1) is 10.2 Å². The molecule has 2 heterocycles. The summed E-state index contributed by atoms with van der Waals surface area (Å²) in [5.41, 5.74) is 8.79. The number of sulfonamides is 1. The van der Waals surface area contributed by atoms with Crippen molar-refractivity contribution in [2.24, 2.45) is 0 Å². The lowest BCUT2D eigenvalue weighted by Crippen LogP contribution is -2.34. The summed E-state index contributed by atoms with van der Waals surface area (Å²) in [6.07, 6.45) is -0.804. The van der Waals surface area contributed by atoms with Gasteiger partial charge in [-0.1, -0.05) is 54.6 Å². The highest BCUT2D eigenvalue weighted by atomic mass is 32.2. The fourth-order valence-corrected chi connectivity index (χ4v) is 11.0. The van der Waals surface area contributed by atoms with Crippen molar-refractivity contribution in [3.8, 4) is 39.8 Å². The van der Waals surface area contributed by atoms with E-state index in [0.29, 0.717) is 45.0 Å². The summed E-state index contributed by atoms with van der Waals surface area (Å²) >= 11 is 0. The zero-order chi connectivity index (χ0) is 47.2. The first kappa shape index (κ1) is 46.9. The Morgan fingerprint density at radius 2 is 1.35 bits per heavy atom. The molecule has 0 spiro atoms. The molecule has 66 heavy (non-hydrogen) atoms. The molecule has 4 N–H and O–H groups in total. The number of nitrogens with two attached hydrogens (primary N) is 1. The van der Waals surface area contributed by atoms with Gasteiger partial charge in [0.05, 0.1) is 55.1 Å². The van der Waals surface area contributed by atoms with E-state index in [1.165, 1.54) is 35.5 Å². The largest absolute Gasteiger partial charge is 0.497 e.